The number of rotatable bonds is 11. The topological polar surface area (TPSA) is 86.8 Å². The Labute approximate surface area is 231 Å². The zero-order valence-corrected chi connectivity index (χ0v) is 23.5. The van der Waals surface area contributed by atoms with Gasteiger partial charge in [0.05, 0.1) is 4.90 Å². The highest BCUT2D eigenvalue weighted by molar-refractivity contribution is 7.89. The molecule has 39 heavy (non-hydrogen) atoms. The average Bonchev–Trinajstić information content (AvgIpc) is 3.51. The van der Waals surface area contributed by atoms with E-state index >= 15 is 0 Å². The largest absolute Gasteiger partial charge is 0.350 e. The number of sulfonamides is 1. The van der Waals surface area contributed by atoms with Crippen LogP contribution in [0.2, 0.25) is 0 Å². The highest BCUT2D eigenvalue weighted by atomic mass is 32.2. The minimum absolute atomic E-state index is 0.134. The Morgan fingerprint density at radius 2 is 1.49 bits per heavy atom. The number of nitrogens with zero attached hydrogens (tertiary/aromatic N) is 2. The van der Waals surface area contributed by atoms with Gasteiger partial charge in [-0.05, 0) is 61.9 Å². The lowest BCUT2D eigenvalue weighted by Gasteiger charge is -2.29. The quantitative estimate of drug-likeness (QED) is 0.384. The lowest BCUT2D eigenvalue weighted by atomic mass is 10.1. The van der Waals surface area contributed by atoms with Crippen molar-refractivity contribution < 1.29 is 18.0 Å². The first-order valence-corrected chi connectivity index (χ1v) is 14.9. The van der Waals surface area contributed by atoms with Gasteiger partial charge in [0.1, 0.15) is 6.04 Å². The van der Waals surface area contributed by atoms with Gasteiger partial charge >= 0.3 is 0 Å². The van der Waals surface area contributed by atoms with E-state index in [9.17, 15) is 18.0 Å². The van der Waals surface area contributed by atoms with Gasteiger partial charge in [-0.25, -0.2) is 8.42 Å². The molecule has 0 radical (unpaired) electrons. The maximum Gasteiger partial charge on any atom is 0.243 e. The second-order valence-corrected chi connectivity index (χ2v) is 12.1. The van der Waals surface area contributed by atoms with Crippen LogP contribution in [0.5, 0.6) is 0 Å². The van der Waals surface area contributed by atoms with Gasteiger partial charge in [-0.3, -0.25) is 9.59 Å². The number of nitrogens with one attached hydrogen (secondary N) is 1. The normalized spacial score (nSPS) is 14.6. The van der Waals surface area contributed by atoms with Gasteiger partial charge in [0, 0.05) is 32.6 Å². The van der Waals surface area contributed by atoms with Crippen LogP contribution in [0, 0.1) is 6.92 Å². The summed E-state index contributed by atoms with van der Waals surface area (Å²) in [5, 5.41) is 2.96. The number of carbonyl (C=O) groups excluding carboxylic acids is 2. The number of carbonyl (C=O) groups is 2. The van der Waals surface area contributed by atoms with E-state index < -0.39 is 16.1 Å². The molecule has 0 unspecified atom stereocenters. The zero-order chi connectivity index (χ0) is 27.8. The maximum atomic E-state index is 13.4. The van der Waals surface area contributed by atoms with Crippen molar-refractivity contribution in [2.24, 2.45) is 0 Å². The summed E-state index contributed by atoms with van der Waals surface area (Å²) in [7, 11) is -3.47. The summed E-state index contributed by atoms with van der Waals surface area (Å²) in [4.78, 5) is 28.4. The van der Waals surface area contributed by atoms with Crippen molar-refractivity contribution in [3.63, 3.8) is 0 Å². The number of hydrogen-bond acceptors (Lipinski definition) is 4. The van der Waals surface area contributed by atoms with Crippen LogP contribution < -0.4 is 5.32 Å². The second kappa shape index (κ2) is 13.0. The van der Waals surface area contributed by atoms with Crippen LogP contribution in [-0.4, -0.2) is 48.6 Å². The Bertz CT molecular complexity index is 1350. The van der Waals surface area contributed by atoms with E-state index in [2.05, 4.69) is 5.32 Å². The van der Waals surface area contributed by atoms with Crippen molar-refractivity contribution in [2.45, 2.75) is 63.6 Å². The highest BCUT2D eigenvalue weighted by Crippen LogP contribution is 2.22. The van der Waals surface area contributed by atoms with Crippen molar-refractivity contribution in [1.82, 2.24) is 14.5 Å². The number of aryl methyl sites for hydroxylation is 2. The molecule has 0 aliphatic carbocycles. The van der Waals surface area contributed by atoms with Crippen molar-refractivity contribution >= 4 is 21.8 Å². The third-order valence-electron chi connectivity index (χ3n) is 7.20. The summed E-state index contributed by atoms with van der Waals surface area (Å²) in [6.45, 7) is 5.61. The predicted molar refractivity (Wildman–Crippen MR) is 152 cm³/mol. The van der Waals surface area contributed by atoms with Crippen LogP contribution in [0.3, 0.4) is 0 Å². The molecule has 4 rings (SSSR count). The van der Waals surface area contributed by atoms with Crippen LogP contribution >= 0.6 is 0 Å². The summed E-state index contributed by atoms with van der Waals surface area (Å²) < 4.78 is 27.1. The fourth-order valence-corrected chi connectivity index (χ4v) is 6.22. The highest BCUT2D eigenvalue weighted by Gasteiger charge is 2.28. The van der Waals surface area contributed by atoms with Gasteiger partial charge in [0.25, 0.3) is 0 Å². The second-order valence-electron chi connectivity index (χ2n) is 10.1. The molecule has 0 spiro atoms. The molecule has 1 saturated heterocycles. The van der Waals surface area contributed by atoms with Crippen LogP contribution in [-0.2, 0) is 39.1 Å². The molecule has 3 aromatic carbocycles. The van der Waals surface area contributed by atoms with Gasteiger partial charge in [-0.1, -0.05) is 72.3 Å². The summed E-state index contributed by atoms with van der Waals surface area (Å²) in [6.07, 6.45) is 2.44. The molecule has 3 aromatic rings. The third kappa shape index (κ3) is 7.55. The van der Waals surface area contributed by atoms with Gasteiger partial charge < -0.3 is 10.2 Å². The van der Waals surface area contributed by atoms with Crippen molar-refractivity contribution in [3.05, 3.63) is 101 Å². The van der Waals surface area contributed by atoms with E-state index in [1.807, 2.05) is 61.5 Å². The summed E-state index contributed by atoms with van der Waals surface area (Å²) in [5.41, 5.74) is 3.97. The molecule has 1 aliphatic heterocycles. The van der Waals surface area contributed by atoms with E-state index in [0.717, 1.165) is 35.1 Å². The lowest BCUT2D eigenvalue weighted by Crippen LogP contribution is -2.47. The fraction of sp³-hybridized carbons (Fsp3) is 0.355. The fourth-order valence-electron chi connectivity index (χ4n) is 4.71. The smallest absolute Gasteiger partial charge is 0.243 e. The Kier molecular flexibility index (Phi) is 9.54. The molecule has 0 bridgehead atoms. The molecule has 7 nitrogen and oxygen atoms in total. The Hall–Kier alpha value is -3.49. The van der Waals surface area contributed by atoms with E-state index in [-0.39, 0.29) is 23.1 Å². The predicted octanol–water partition coefficient (Wildman–Crippen LogP) is 4.45. The SMILES string of the molecule is Cc1ccc(CNC(=O)[C@H](C)N(Cc2ccccc2)C(=O)CCc2ccc(S(=O)(=O)N3CCCC3)cc2)cc1. The van der Waals surface area contributed by atoms with Crippen molar-refractivity contribution in [2.75, 3.05) is 13.1 Å². The minimum Gasteiger partial charge on any atom is -0.350 e. The molecule has 1 atom stereocenters. The minimum atomic E-state index is -3.47. The summed E-state index contributed by atoms with van der Waals surface area (Å²) >= 11 is 0. The molecule has 1 fully saturated rings. The number of hydrogen-bond donors (Lipinski definition) is 1. The van der Waals surface area contributed by atoms with E-state index in [1.54, 1.807) is 36.1 Å². The third-order valence-corrected chi connectivity index (χ3v) is 9.12. The standard InChI is InChI=1S/C31H37N3O4S/c1-24-10-12-27(13-11-24)22-32-31(36)25(2)34(23-28-8-4-3-5-9-28)30(35)19-16-26-14-17-29(18-15-26)39(37,38)33-20-6-7-21-33/h3-5,8-15,17-18,25H,6-7,16,19-23H2,1-2H3,(H,32,36)/t25-/m0/s1. The Morgan fingerprint density at radius 1 is 0.872 bits per heavy atom. The summed E-state index contributed by atoms with van der Waals surface area (Å²) in [6, 6.07) is 23.7. The molecule has 0 aromatic heterocycles. The average molecular weight is 548 g/mol. The molecule has 1 N–H and O–H groups in total. The molecule has 1 aliphatic rings. The molecular formula is C31H37N3O4S. The zero-order valence-electron chi connectivity index (χ0n) is 22.7. The Balaban J connectivity index is 1.40. The molecule has 0 saturated carbocycles. The van der Waals surface area contributed by atoms with Crippen molar-refractivity contribution in [3.8, 4) is 0 Å². The van der Waals surface area contributed by atoms with Gasteiger partial charge in [-0.2, -0.15) is 4.31 Å². The van der Waals surface area contributed by atoms with E-state index in [1.165, 1.54) is 4.31 Å². The van der Waals surface area contributed by atoms with Crippen LogP contribution in [0.1, 0.15) is 48.4 Å². The lowest BCUT2D eigenvalue weighted by molar-refractivity contribution is -0.140. The number of amides is 2. The van der Waals surface area contributed by atoms with E-state index in [0.29, 0.717) is 32.6 Å². The van der Waals surface area contributed by atoms with Crippen LogP contribution in [0.15, 0.2) is 83.8 Å². The molecule has 1 heterocycles. The Morgan fingerprint density at radius 3 is 2.13 bits per heavy atom. The first-order chi connectivity index (χ1) is 18.7. The van der Waals surface area contributed by atoms with Crippen LogP contribution in [0.25, 0.3) is 0 Å². The maximum absolute atomic E-state index is 13.4. The first kappa shape index (κ1) is 28.5. The first-order valence-electron chi connectivity index (χ1n) is 13.5. The molecule has 8 heteroatoms. The van der Waals surface area contributed by atoms with Crippen LogP contribution in [0.4, 0.5) is 0 Å². The summed E-state index contributed by atoms with van der Waals surface area (Å²) in [5.74, 6) is -0.345. The van der Waals surface area contributed by atoms with Gasteiger partial charge in [0.2, 0.25) is 21.8 Å². The van der Waals surface area contributed by atoms with Gasteiger partial charge in [-0.15, -0.1) is 0 Å². The monoisotopic (exact) mass is 547 g/mol. The van der Waals surface area contributed by atoms with Crippen molar-refractivity contribution in [1.29, 1.82) is 0 Å². The number of benzene rings is 3. The molecular weight excluding hydrogens is 510 g/mol. The molecule has 206 valence electrons. The van der Waals surface area contributed by atoms with E-state index in [4.69, 9.17) is 0 Å². The molecule has 2 amide bonds. The van der Waals surface area contributed by atoms with Gasteiger partial charge in [0.15, 0.2) is 0 Å².